The molecule has 1 amide bonds. The van der Waals surface area contributed by atoms with Crippen LogP contribution in [0.3, 0.4) is 0 Å². The van der Waals surface area contributed by atoms with E-state index in [1.54, 1.807) is 18.2 Å². The number of allylic oxidation sites excluding steroid dienone is 1. The van der Waals surface area contributed by atoms with E-state index < -0.39 is 5.91 Å². The van der Waals surface area contributed by atoms with E-state index in [2.05, 4.69) is 27.8 Å². The average Bonchev–Trinajstić information content (AvgIpc) is 2.88. The van der Waals surface area contributed by atoms with Crippen LogP contribution in [-0.4, -0.2) is 12.5 Å². The lowest BCUT2D eigenvalue weighted by Crippen LogP contribution is -2.27. The predicted molar refractivity (Wildman–Crippen MR) is 147 cm³/mol. The highest BCUT2D eigenvalue weighted by atomic mass is 79.9. The van der Waals surface area contributed by atoms with E-state index in [0.29, 0.717) is 36.7 Å². The standard InChI is InChI=1S/C30H29BrN2O3/c1-4-9-25-16-23(17-26(19-32)30(34)33-21(3)24-10-7-6-8-11-24)18-28(35-5-2)29(25)36-20-22-12-14-27(31)15-13-22/h4,6-8,10-18,21H,1,5,9,20H2,2-3H3,(H,33,34)/b26-17-/t21-/m0/s1. The summed E-state index contributed by atoms with van der Waals surface area (Å²) < 4.78 is 13.1. The Morgan fingerprint density at radius 1 is 1.14 bits per heavy atom. The van der Waals surface area contributed by atoms with Gasteiger partial charge in [0, 0.05) is 10.0 Å². The number of amides is 1. The zero-order valence-electron chi connectivity index (χ0n) is 20.5. The van der Waals surface area contributed by atoms with Gasteiger partial charge in [0.2, 0.25) is 0 Å². The lowest BCUT2D eigenvalue weighted by Gasteiger charge is -2.17. The molecule has 0 aliphatic heterocycles. The first kappa shape index (κ1) is 26.8. The fourth-order valence-electron chi connectivity index (χ4n) is 3.65. The van der Waals surface area contributed by atoms with Crippen LogP contribution in [0.5, 0.6) is 11.5 Å². The van der Waals surface area contributed by atoms with E-state index >= 15 is 0 Å². The molecule has 0 aliphatic rings. The van der Waals surface area contributed by atoms with Crippen LogP contribution in [0.15, 0.2) is 89.4 Å². The molecule has 0 aromatic heterocycles. The van der Waals surface area contributed by atoms with Crippen molar-refractivity contribution in [2.45, 2.75) is 32.9 Å². The van der Waals surface area contributed by atoms with Gasteiger partial charge in [0.05, 0.1) is 12.6 Å². The zero-order valence-corrected chi connectivity index (χ0v) is 22.0. The van der Waals surface area contributed by atoms with Gasteiger partial charge in [-0.25, -0.2) is 0 Å². The number of hydrogen-bond donors (Lipinski definition) is 1. The molecule has 3 aromatic carbocycles. The van der Waals surface area contributed by atoms with Crippen molar-refractivity contribution in [2.75, 3.05) is 6.61 Å². The Labute approximate surface area is 221 Å². The van der Waals surface area contributed by atoms with Gasteiger partial charge in [0.25, 0.3) is 5.91 Å². The molecule has 0 saturated carbocycles. The molecule has 6 heteroatoms. The van der Waals surface area contributed by atoms with Gasteiger partial charge < -0.3 is 14.8 Å². The van der Waals surface area contributed by atoms with Crippen LogP contribution >= 0.6 is 15.9 Å². The molecule has 0 aliphatic carbocycles. The molecule has 1 N–H and O–H groups in total. The van der Waals surface area contributed by atoms with Crippen LogP contribution in [-0.2, 0) is 17.8 Å². The normalized spacial score (nSPS) is 11.8. The Bertz CT molecular complexity index is 1260. The van der Waals surface area contributed by atoms with Gasteiger partial charge in [-0.1, -0.05) is 64.5 Å². The van der Waals surface area contributed by atoms with Gasteiger partial charge in [-0.2, -0.15) is 5.26 Å². The molecule has 3 rings (SSSR count). The molecule has 184 valence electrons. The second-order valence-corrected chi connectivity index (χ2v) is 9.04. The van der Waals surface area contributed by atoms with Gasteiger partial charge in [0.15, 0.2) is 11.5 Å². The van der Waals surface area contributed by atoms with Crippen LogP contribution in [0.25, 0.3) is 6.08 Å². The van der Waals surface area contributed by atoms with Gasteiger partial charge in [-0.3, -0.25) is 4.79 Å². The third kappa shape index (κ3) is 7.34. The van der Waals surface area contributed by atoms with Crippen LogP contribution < -0.4 is 14.8 Å². The minimum Gasteiger partial charge on any atom is -0.490 e. The summed E-state index contributed by atoms with van der Waals surface area (Å²) in [5.74, 6) is 0.737. The smallest absolute Gasteiger partial charge is 0.262 e. The first-order valence-electron chi connectivity index (χ1n) is 11.7. The van der Waals surface area contributed by atoms with E-state index in [1.807, 2.05) is 80.6 Å². The molecule has 0 heterocycles. The minimum atomic E-state index is -0.437. The highest BCUT2D eigenvalue weighted by Gasteiger charge is 2.17. The van der Waals surface area contributed by atoms with Gasteiger partial charge in [0.1, 0.15) is 18.2 Å². The topological polar surface area (TPSA) is 71.4 Å². The number of carbonyl (C=O) groups is 1. The Morgan fingerprint density at radius 3 is 2.50 bits per heavy atom. The number of carbonyl (C=O) groups excluding carboxylic acids is 1. The minimum absolute atomic E-state index is 0.00770. The summed E-state index contributed by atoms with van der Waals surface area (Å²) in [5.41, 5.74) is 3.51. The molecule has 3 aromatic rings. The maximum atomic E-state index is 12.9. The Balaban J connectivity index is 1.89. The van der Waals surface area contributed by atoms with Crippen LogP contribution in [0, 0.1) is 11.3 Å². The van der Waals surface area contributed by atoms with E-state index in [4.69, 9.17) is 9.47 Å². The molecule has 0 radical (unpaired) electrons. The molecule has 36 heavy (non-hydrogen) atoms. The highest BCUT2D eigenvalue weighted by molar-refractivity contribution is 9.10. The van der Waals surface area contributed by atoms with Crippen LogP contribution in [0.4, 0.5) is 0 Å². The lowest BCUT2D eigenvalue weighted by molar-refractivity contribution is -0.117. The summed E-state index contributed by atoms with van der Waals surface area (Å²) in [5, 5.41) is 12.6. The third-order valence-corrected chi connectivity index (χ3v) is 5.97. The summed E-state index contributed by atoms with van der Waals surface area (Å²) >= 11 is 3.45. The summed E-state index contributed by atoms with van der Waals surface area (Å²) in [6, 6.07) is 23.0. The number of benzene rings is 3. The number of nitriles is 1. The lowest BCUT2D eigenvalue weighted by atomic mass is 10.0. The van der Waals surface area contributed by atoms with Crippen LogP contribution in [0.2, 0.25) is 0 Å². The maximum absolute atomic E-state index is 12.9. The van der Waals surface area contributed by atoms with E-state index in [9.17, 15) is 10.1 Å². The van der Waals surface area contributed by atoms with Crippen molar-refractivity contribution >= 4 is 27.9 Å². The average molecular weight is 545 g/mol. The summed E-state index contributed by atoms with van der Waals surface area (Å²) in [6.45, 7) is 8.45. The van der Waals surface area contributed by atoms with Crippen molar-refractivity contribution in [3.63, 3.8) is 0 Å². The van der Waals surface area contributed by atoms with Gasteiger partial charge in [-0.15, -0.1) is 6.58 Å². The molecule has 0 saturated heterocycles. The molecule has 0 spiro atoms. The third-order valence-electron chi connectivity index (χ3n) is 5.44. The van der Waals surface area contributed by atoms with Crippen molar-refractivity contribution in [2.24, 2.45) is 0 Å². The molecule has 0 fully saturated rings. The fourth-order valence-corrected chi connectivity index (χ4v) is 3.92. The highest BCUT2D eigenvalue weighted by Crippen LogP contribution is 2.35. The quantitative estimate of drug-likeness (QED) is 0.161. The number of rotatable bonds is 11. The molecular formula is C30H29BrN2O3. The van der Waals surface area contributed by atoms with Crippen molar-refractivity contribution in [1.82, 2.24) is 5.32 Å². The predicted octanol–water partition coefficient (Wildman–Crippen LogP) is 6.94. The zero-order chi connectivity index (χ0) is 25.9. The monoisotopic (exact) mass is 544 g/mol. The Kier molecular flexibility index (Phi) is 9.91. The van der Waals surface area contributed by atoms with E-state index in [1.165, 1.54) is 0 Å². The molecule has 0 unspecified atom stereocenters. The van der Waals surface area contributed by atoms with E-state index in [-0.39, 0.29) is 11.6 Å². The second kappa shape index (κ2) is 13.3. The van der Waals surface area contributed by atoms with Crippen LogP contribution in [0.1, 0.15) is 42.1 Å². The summed E-state index contributed by atoms with van der Waals surface area (Å²) in [4.78, 5) is 12.9. The SMILES string of the molecule is C=CCc1cc(/C=C(/C#N)C(=O)N[C@@H](C)c2ccccc2)cc(OCC)c1OCc1ccc(Br)cc1. The Morgan fingerprint density at radius 2 is 1.86 bits per heavy atom. The van der Waals surface area contributed by atoms with Crippen molar-refractivity contribution in [3.05, 3.63) is 112 Å². The van der Waals surface area contributed by atoms with E-state index in [0.717, 1.165) is 21.2 Å². The molecule has 1 atom stereocenters. The van der Waals surface area contributed by atoms with Gasteiger partial charge >= 0.3 is 0 Å². The first-order chi connectivity index (χ1) is 17.4. The van der Waals surface area contributed by atoms with Crippen molar-refractivity contribution < 1.29 is 14.3 Å². The fraction of sp³-hybridized carbons (Fsp3) is 0.200. The maximum Gasteiger partial charge on any atom is 0.262 e. The largest absolute Gasteiger partial charge is 0.490 e. The number of nitrogens with one attached hydrogen (secondary N) is 1. The second-order valence-electron chi connectivity index (χ2n) is 8.12. The van der Waals surface area contributed by atoms with Crippen molar-refractivity contribution in [1.29, 1.82) is 5.26 Å². The Hall–Kier alpha value is -3.82. The number of hydrogen-bond acceptors (Lipinski definition) is 4. The van der Waals surface area contributed by atoms with Gasteiger partial charge in [-0.05, 0) is 67.3 Å². The number of halogens is 1. The molecule has 0 bridgehead atoms. The first-order valence-corrected chi connectivity index (χ1v) is 12.5. The summed E-state index contributed by atoms with van der Waals surface area (Å²) in [6.07, 6.45) is 3.89. The number of nitrogens with zero attached hydrogens (tertiary/aromatic N) is 1. The molecule has 5 nitrogen and oxygen atoms in total. The number of ether oxygens (including phenoxy) is 2. The van der Waals surface area contributed by atoms with Crippen molar-refractivity contribution in [3.8, 4) is 17.6 Å². The molecular weight excluding hydrogens is 516 g/mol. The summed E-state index contributed by atoms with van der Waals surface area (Å²) in [7, 11) is 0.